The lowest BCUT2D eigenvalue weighted by Crippen LogP contribution is -2.45. The summed E-state index contributed by atoms with van der Waals surface area (Å²) < 4.78 is 0. The maximum atomic E-state index is 4.58. The Kier molecular flexibility index (Phi) is 4.29. The topological polar surface area (TPSA) is 28.2 Å². The maximum absolute atomic E-state index is 4.58. The summed E-state index contributed by atoms with van der Waals surface area (Å²) in [6, 6.07) is 4.74. The lowest BCUT2D eigenvalue weighted by molar-refractivity contribution is 0.615. The van der Waals surface area contributed by atoms with Crippen molar-refractivity contribution in [1.29, 1.82) is 0 Å². The highest BCUT2D eigenvalue weighted by atomic mass is 32.2. The summed E-state index contributed by atoms with van der Waals surface area (Å²) >= 11 is 2.06. The van der Waals surface area contributed by atoms with Crippen molar-refractivity contribution in [3.63, 3.8) is 0 Å². The molecule has 0 aromatic carbocycles. The molecule has 2 rings (SSSR count). The van der Waals surface area contributed by atoms with Crippen LogP contribution in [0.25, 0.3) is 0 Å². The van der Waals surface area contributed by atoms with E-state index < -0.39 is 0 Å². The minimum absolute atomic E-state index is 0.555. The Bertz CT molecular complexity index is 369. The van der Waals surface area contributed by atoms with Crippen LogP contribution in [0.1, 0.15) is 19.4 Å². The van der Waals surface area contributed by atoms with Crippen molar-refractivity contribution in [2.45, 2.75) is 31.7 Å². The standard InChI is InChI=1S/C13H21N3S/c1-10-11(2)17-8-7-16(10)13-12(9-14-3)5-4-6-15-13/h4-6,10-11,14H,7-9H2,1-3H3. The zero-order valence-electron chi connectivity index (χ0n) is 10.8. The molecule has 1 aliphatic heterocycles. The Hall–Kier alpha value is -0.740. The van der Waals surface area contributed by atoms with Crippen LogP contribution in [0.4, 0.5) is 5.82 Å². The predicted molar refractivity (Wildman–Crippen MR) is 75.7 cm³/mol. The number of hydrogen-bond acceptors (Lipinski definition) is 4. The van der Waals surface area contributed by atoms with E-state index in [1.807, 2.05) is 19.3 Å². The van der Waals surface area contributed by atoms with Crippen molar-refractivity contribution < 1.29 is 0 Å². The van der Waals surface area contributed by atoms with E-state index in [4.69, 9.17) is 0 Å². The second kappa shape index (κ2) is 5.74. The number of pyridine rings is 1. The minimum Gasteiger partial charge on any atom is -0.352 e. The van der Waals surface area contributed by atoms with Crippen LogP contribution in [0.3, 0.4) is 0 Å². The van der Waals surface area contributed by atoms with Crippen molar-refractivity contribution in [3.05, 3.63) is 23.9 Å². The maximum Gasteiger partial charge on any atom is 0.133 e. The molecule has 2 heterocycles. The predicted octanol–water partition coefficient (Wildman–Crippen LogP) is 2.13. The van der Waals surface area contributed by atoms with Gasteiger partial charge in [-0.3, -0.25) is 0 Å². The summed E-state index contributed by atoms with van der Waals surface area (Å²) in [5.41, 5.74) is 1.29. The Morgan fingerprint density at radius 3 is 3.12 bits per heavy atom. The SMILES string of the molecule is CNCc1cccnc1N1CCSC(C)C1C. The third kappa shape index (κ3) is 2.75. The van der Waals surface area contributed by atoms with Gasteiger partial charge in [0.05, 0.1) is 0 Å². The van der Waals surface area contributed by atoms with Gasteiger partial charge in [-0.25, -0.2) is 4.98 Å². The Morgan fingerprint density at radius 2 is 2.35 bits per heavy atom. The third-order valence-electron chi connectivity index (χ3n) is 3.39. The van der Waals surface area contributed by atoms with Crippen molar-refractivity contribution in [2.75, 3.05) is 24.2 Å². The fourth-order valence-electron chi connectivity index (χ4n) is 2.25. The molecule has 17 heavy (non-hydrogen) atoms. The van der Waals surface area contributed by atoms with Crippen LogP contribution in [0.5, 0.6) is 0 Å². The molecular weight excluding hydrogens is 230 g/mol. The molecule has 1 N–H and O–H groups in total. The number of aromatic nitrogens is 1. The van der Waals surface area contributed by atoms with Crippen molar-refractivity contribution >= 4 is 17.6 Å². The van der Waals surface area contributed by atoms with Gasteiger partial charge < -0.3 is 10.2 Å². The van der Waals surface area contributed by atoms with Gasteiger partial charge >= 0.3 is 0 Å². The Balaban J connectivity index is 2.25. The first-order valence-corrected chi connectivity index (χ1v) is 7.25. The van der Waals surface area contributed by atoms with Crippen LogP contribution in [-0.4, -0.2) is 35.6 Å². The molecule has 1 fully saturated rings. The summed E-state index contributed by atoms with van der Waals surface area (Å²) in [5, 5.41) is 3.89. The molecule has 0 bridgehead atoms. The molecule has 2 atom stereocenters. The monoisotopic (exact) mass is 251 g/mol. The molecule has 1 aliphatic rings. The van der Waals surface area contributed by atoms with E-state index in [0.29, 0.717) is 11.3 Å². The van der Waals surface area contributed by atoms with Gasteiger partial charge in [-0.2, -0.15) is 11.8 Å². The molecule has 0 radical (unpaired) electrons. The molecule has 0 spiro atoms. The average Bonchev–Trinajstić information content (AvgIpc) is 2.34. The first-order chi connectivity index (χ1) is 8.24. The van der Waals surface area contributed by atoms with E-state index in [1.54, 1.807) is 0 Å². The molecule has 1 aromatic heterocycles. The molecule has 3 nitrogen and oxygen atoms in total. The molecule has 1 aromatic rings. The summed E-state index contributed by atoms with van der Waals surface area (Å²) in [6.07, 6.45) is 1.90. The molecule has 0 aliphatic carbocycles. The molecule has 0 amide bonds. The normalized spacial score (nSPS) is 25.0. The van der Waals surface area contributed by atoms with Crippen molar-refractivity contribution in [3.8, 4) is 0 Å². The van der Waals surface area contributed by atoms with Crippen molar-refractivity contribution in [1.82, 2.24) is 10.3 Å². The summed E-state index contributed by atoms with van der Waals surface area (Å²) in [5.74, 6) is 2.35. The first-order valence-electron chi connectivity index (χ1n) is 6.20. The number of nitrogens with zero attached hydrogens (tertiary/aromatic N) is 2. The smallest absolute Gasteiger partial charge is 0.133 e. The van der Waals surface area contributed by atoms with Gasteiger partial charge in [0.1, 0.15) is 5.82 Å². The number of hydrogen-bond donors (Lipinski definition) is 1. The van der Waals surface area contributed by atoms with E-state index in [-0.39, 0.29) is 0 Å². The van der Waals surface area contributed by atoms with Gasteiger partial charge in [0.15, 0.2) is 0 Å². The van der Waals surface area contributed by atoms with Gasteiger partial charge in [-0.15, -0.1) is 0 Å². The van der Waals surface area contributed by atoms with E-state index in [0.717, 1.165) is 18.9 Å². The molecule has 2 unspecified atom stereocenters. The molecule has 0 saturated carbocycles. The summed E-state index contributed by atoms with van der Waals surface area (Å²) in [4.78, 5) is 7.03. The molecule has 94 valence electrons. The highest BCUT2D eigenvalue weighted by molar-refractivity contribution is 8.00. The zero-order valence-corrected chi connectivity index (χ0v) is 11.6. The van der Waals surface area contributed by atoms with Gasteiger partial charge in [-0.05, 0) is 20.0 Å². The fraction of sp³-hybridized carbons (Fsp3) is 0.615. The average molecular weight is 251 g/mol. The number of rotatable bonds is 3. The molecular formula is C13H21N3S. The van der Waals surface area contributed by atoms with Gasteiger partial charge in [0, 0.05) is 41.9 Å². The van der Waals surface area contributed by atoms with Crippen LogP contribution in [0.2, 0.25) is 0 Å². The minimum atomic E-state index is 0.555. The van der Waals surface area contributed by atoms with Gasteiger partial charge in [0.2, 0.25) is 0 Å². The lowest BCUT2D eigenvalue weighted by Gasteiger charge is -2.39. The highest BCUT2D eigenvalue weighted by Crippen LogP contribution is 2.29. The van der Waals surface area contributed by atoms with E-state index in [2.05, 4.69) is 46.9 Å². The highest BCUT2D eigenvalue weighted by Gasteiger charge is 2.27. The van der Waals surface area contributed by atoms with E-state index in [9.17, 15) is 0 Å². The van der Waals surface area contributed by atoms with Crippen LogP contribution >= 0.6 is 11.8 Å². The number of nitrogens with one attached hydrogen (secondary N) is 1. The Morgan fingerprint density at radius 1 is 1.53 bits per heavy atom. The van der Waals surface area contributed by atoms with Gasteiger partial charge in [-0.1, -0.05) is 13.0 Å². The Labute approximate surface area is 108 Å². The fourth-order valence-corrected chi connectivity index (χ4v) is 3.35. The summed E-state index contributed by atoms with van der Waals surface area (Å²) in [7, 11) is 1.98. The number of anilines is 1. The first kappa shape index (κ1) is 12.7. The zero-order chi connectivity index (χ0) is 12.3. The van der Waals surface area contributed by atoms with Crippen LogP contribution in [0, 0.1) is 0 Å². The van der Waals surface area contributed by atoms with Crippen LogP contribution < -0.4 is 10.2 Å². The van der Waals surface area contributed by atoms with E-state index >= 15 is 0 Å². The second-order valence-electron chi connectivity index (χ2n) is 4.53. The molecule has 4 heteroatoms. The van der Waals surface area contributed by atoms with Crippen LogP contribution in [-0.2, 0) is 6.54 Å². The third-order valence-corrected chi connectivity index (χ3v) is 4.73. The lowest BCUT2D eigenvalue weighted by atomic mass is 10.1. The largest absolute Gasteiger partial charge is 0.352 e. The van der Waals surface area contributed by atoms with E-state index in [1.165, 1.54) is 11.3 Å². The van der Waals surface area contributed by atoms with Crippen LogP contribution in [0.15, 0.2) is 18.3 Å². The molecule has 1 saturated heterocycles. The van der Waals surface area contributed by atoms with Crippen molar-refractivity contribution in [2.24, 2.45) is 0 Å². The number of thioether (sulfide) groups is 1. The summed E-state index contributed by atoms with van der Waals surface area (Å²) in [6.45, 7) is 6.59. The second-order valence-corrected chi connectivity index (χ2v) is 6.01. The van der Waals surface area contributed by atoms with Gasteiger partial charge in [0.25, 0.3) is 0 Å². The quantitative estimate of drug-likeness (QED) is 0.891.